The Balaban J connectivity index is 2.02. The number of nitrogens with one attached hydrogen (secondary N) is 1. The first-order valence-corrected chi connectivity index (χ1v) is 8.25. The van der Waals surface area contributed by atoms with Gasteiger partial charge in [-0.3, -0.25) is 4.79 Å². The summed E-state index contributed by atoms with van der Waals surface area (Å²) in [7, 11) is 0. The molecule has 116 valence electrons. The Hall–Kier alpha value is -1.35. The van der Waals surface area contributed by atoms with E-state index in [4.69, 9.17) is 0 Å². The lowest BCUT2D eigenvalue weighted by Gasteiger charge is -2.29. The van der Waals surface area contributed by atoms with Gasteiger partial charge in [-0.1, -0.05) is 25.5 Å². The molecule has 0 aromatic heterocycles. The summed E-state index contributed by atoms with van der Waals surface area (Å²) in [4.78, 5) is 13.6. The van der Waals surface area contributed by atoms with Gasteiger partial charge in [0.05, 0.1) is 0 Å². The summed E-state index contributed by atoms with van der Waals surface area (Å²) in [5.41, 5.74) is 3.81. The third kappa shape index (κ3) is 4.31. The van der Waals surface area contributed by atoms with E-state index >= 15 is 0 Å². The number of carbonyl (C=O) groups excluding carboxylic acids is 1. The molecule has 1 aromatic rings. The van der Waals surface area contributed by atoms with Crippen molar-refractivity contribution in [3.8, 4) is 0 Å². The average Bonchev–Trinajstić information content (AvgIpc) is 2.46. The molecule has 1 unspecified atom stereocenters. The zero-order valence-corrected chi connectivity index (χ0v) is 13.6. The Morgan fingerprint density at radius 1 is 1.43 bits per heavy atom. The van der Waals surface area contributed by atoms with E-state index in [0.717, 1.165) is 38.0 Å². The molecule has 0 saturated heterocycles. The SMILES string of the molecule is CCCCNC(C)Cc1ccc2c(c1)CCCN2C(C)=O. The van der Waals surface area contributed by atoms with E-state index in [9.17, 15) is 4.79 Å². The van der Waals surface area contributed by atoms with Crippen LogP contribution in [0, 0.1) is 0 Å². The van der Waals surface area contributed by atoms with Crippen LogP contribution in [0.4, 0.5) is 5.69 Å². The maximum absolute atomic E-state index is 11.7. The number of hydrogen-bond acceptors (Lipinski definition) is 2. The third-order valence-corrected chi connectivity index (χ3v) is 4.21. The molecule has 0 aliphatic carbocycles. The van der Waals surface area contributed by atoms with Gasteiger partial charge in [0.2, 0.25) is 5.91 Å². The van der Waals surface area contributed by atoms with Crippen LogP contribution in [0.5, 0.6) is 0 Å². The number of amides is 1. The molecule has 1 aliphatic heterocycles. The zero-order valence-electron chi connectivity index (χ0n) is 13.6. The predicted octanol–water partition coefficient (Wildman–Crippen LogP) is 3.31. The number of hydrogen-bond donors (Lipinski definition) is 1. The standard InChI is InChI=1S/C18H28N2O/c1-4-5-10-19-14(2)12-16-8-9-18-17(13-16)7-6-11-20(18)15(3)21/h8-9,13-14,19H,4-7,10-12H2,1-3H3. The van der Waals surface area contributed by atoms with Crippen molar-refractivity contribution in [3.63, 3.8) is 0 Å². The van der Waals surface area contributed by atoms with Crippen molar-refractivity contribution in [2.24, 2.45) is 0 Å². The predicted molar refractivity (Wildman–Crippen MR) is 88.9 cm³/mol. The molecule has 1 aromatic carbocycles. The van der Waals surface area contributed by atoms with Crippen molar-refractivity contribution in [1.29, 1.82) is 0 Å². The summed E-state index contributed by atoms with van der Waals surface area (Å²) < 4.78 is 0. The summed E-state index contributed by atoms with van der Waals surface area (Å²) in [5, 5.41) is 3.57. The fraction of sp³-hybridized carbons (Fsp3) is 0.611. The molecule has 1 atom stereocenters. The van der Waals surface area contributed by atoms with Crippen molar-refractivity contribution >= 4 is 11.6 Å². The number of anilines is 1. The second kappa shape index (κ2) is 7.60. The lowest BCUT2D eigenvalue weighted by Crippen LogP contribution is -2.33. The Morgan fingerprint density at radius 2 is 2.24 bits per heavy atom. The first kappa shape index (κ1) is 16.0. The van der Waals surface area contributed by atoms with Crippen LogP contribution in [-0.4, -0.2) is 25.0 Å². The van der Waals surface area contributed by atoms with Crippen LogP contribution in [0.15, 0.2) is 18.2 Å². The van der Waals surface area contributed by atoms with Gasteiger partial charge in [-0.2, -0.15) is 0 Å². The molecule has 2 rings (SSSR count). The second-order valence-corrected chi connectivity index (χ2v) is 6.15. The van der Waals surface area contributed by atoms with E-state index in [2.05, 4.69) is 37.4 Å². The van der Waals surface area contributed by atoms with Gasteiger partial charge >= 0.3 is 0 Å². The quantitative estimate of drug-likeness (QED) is 0.815. The minimum absolute atomic E-state index is 0.151. The Labute approximate surface area is 128 Å². The molecule has 1 aliphatic rings. The van der Waals surface area contributed by atoms with Gasteiger partial charge < -0.3 is 10.2 Å². The highest BCUT2D eigenvalue weighted by Crippen LogP contribution is 2.28. The minimum atomic E-state index is 0.151. The highest BCUT2D eigenvalue weighted by molar-refractivity contribution is 5.92. The van der Waals surface area contributed by atoms with Crippen LogP contribution in [0.1, 0.15) is 51.2 Å². The average molecular weight is 288 g/mol. The monoisotopic (exact) mass is 288 g/mol. The summed E-state index contributed by atoms with van der Waals surface area (Å²) in [6.07, 6.45) is 5.68. The number of carbonyl (C=O) groups is 1. The van der Waals surface area contributed by atoms with Gasteiger partial charge in [0.25, 0.3) is 0 Å². The molecule has 3 nitrogen and oxygen atoms in total. The van der Waals surface area contributed by atoms with Crippen molar-refractivity contribution in [2.75, 3.05) is 18.0 Å². The third-order valence-electron chi connectivity index (χ3n) is 4.21. The van der Waals surface area contributed by atoms with E-state index in [1.807, 2.05) is 4.90 Å². The van der Waals surface area contributed by atoms with Gasteiger partial charge in [-0.15, -0.1) is 0 Å². The molecule has 21 heavy (non-hydrogen) atoms. The molecule has 1 N–H and O–H groups in total. The Kier molecular flexibility index (Phi) is 5.80. The van der Waals surface area contributed by atoms with E-state index < -0.39 is 0 Å². The molecule has 0 saturated carbocycles. The second-order valence-electron chi connectivity index (χ2n) is 6.15. The molecule has 1 heterocycles. The van der Waals surface area contributed by atoms with E-state index in [1.165, 1.54) is 24.0 Å². The fourth-order valence-electron chi connectivity index (χ4n) is 3.06. The van der Waals surface area contributed by atoms with Gasteiger partial charge in [-0.25, -0.2) is 0 Å². The van der Waals surface area contributed by atoms with E-state index in [-0.39, 0.29) is 5.91 Å². The molecular weight excluding hydrogens is 260 g/mol. The van der Waals surface area contributed by atoms with Crippen LogP contribution in [0.3, 0.4) is 0 Å². The zero-order chi connectivity index (χ0) is 15.2. The first-order valence-electron chi connectivity index (χ1n) is 8.25. The summed E-state index contributed by atoms with van der Waals surface area (Å²) in [6, 6.07) is 7.10. The van der Waals surface area contributed by atoms with Crippen molar-refractivity contribution in [1.82, 2.24) is 5.32 Å². The van der Waals surface area contributed by atoms with Crippen LogP contribution in [-0.2, 0) is 17.6 Å². The van der Waals surface area contributed by atoms with Gasteiger partial charge in [0.15, 0.2) is 0 Å². The number of aryl methyl sites for hydroxylation is 1. The number of nitrogens with zero attached hydrogens (tertiary/aromatic N) is 1. The molecule has 1 amide bonds. The summed E-state index contributed by atoms with van der Waals surface area (Å²) in [6.45, 7) is 8.08. The van der Waals surface area contributed by atoms with E-state index in [0.29, 0.717) is 6.04 Å². The molecular formula is C18H28N2O. The van der Waals surface area contributed by atoms with Crippen molar-refractivity contribution in [3.05, 3.63) is 29.3 Å². The van der Waals surface area contributed by atoms with Crippen molar-refractivity contribution in [2.45, 2.75) is 58.9 Å². The fourth-order valence-corrected chi connectivity index (χ4v) is 3.06. The first-order chi connectivity index (χ1) is 10.1. The van der Waals surface area contributed by atoms with E-state index in [1.54, 1.807) is 6.92 Å². The largest absolute Gasteiger partial charge is 0.314 e. The highest BCUT2D eigenvalue weighted by Gasteiger charge is 2.20. The maximum atomic E-state index is 11.7. The Bertz CT molecular complexity index is 484. The topological polar surface area (TPSA) is 32.3 Å². The van der Waals surface area contributed by atoms with Crippen molar-refractivity contribution < 1.29 is 4.79 Å². The van der Waals surface area contributed by atoms with Crippen LogP contribution in [0.2, 0.25) is 0 Å². The normalized spacial score (nSPS) is 15.7. The molecule has 0 bridgehead atoms. The highest BCUT2D eigenvalue weighted by atomic mass is 16.2. The van der Waals surface area contributed by atoms with Gasteiger partial charge in [-0.05, 0) is 56.3 Å². The molecule has 0 radical (unpaired) electrons. The number of unbranched alkanes of at least 4 members (excludes halogenated alkanes) is 1. The molecule has 0 fully saturated rings. The van der Waals surface area contributed by atoms with Gasteiger partial charge in [0.1, 0.15) is 0 Å². The van der Waals surface area contributed by atoms with Crippen LogP contribution < -0.4 is 10.2 Å². The Morgan fingerprint density at radius 3 is 2.95 bits per heavy atom. The molecule has 3 heteroatoms. The smallest absolute Gasteiger partial charge is 0.223 e. The number of fused-ring (bicyclic) bond motifs is 1. The maximum Gasteiger partial charge on any atom is 0.223 e. The number of rotatable bonds is 6. The lowest BCUT2D eigenvalue weighted by molar-refractivity contribution is -0.116. The van der Waals surface area contributed by atoms with Gasteiger partial charge in [0, 0.05) is 25.2 Å². The minimum Gasteiger partial charge on any atom is -0.314 e. The summed E-state index contributed by atoms with van der Waals surface area (Å²) >= 11 is 0. The molecule has 0 spiro atoms. The lowest BCUT2D eigenvalue weighted by atomic mass is 9.96. The summed E-state index contributed by atoms with van der Waals surface area (Å²) in [5.74, 6) is 0.151. The number of benzene rings is 1. The van der Waals surface area contributed by atoms with Crippen LogP contribution >= 0.6 is 0 Å². The van der Waals surface area contributed by atoms with Crippen LogP contribution in [0.25, 0.3) is 0 Å².